The van der Waals surface area contributed by atoms with E-state index >= 15 is 0 Å². The molecule has 1 aromatic heterocycles. The van der Waals surface area contributed by atoms with Crippen LogP contribution in [0, 0.1) is 0 Å². The van der Waals surface area contributed by atoms with Gasteiger partial charge in [-0.15, -0.1) is 11.8 Å². The van der Waals surface area contributed by atoms with Crippen LogP contribution in [0.1, 0.15) is 63.6 Å². The number of aromatic nitrogens is 2. The molecule has 2 amide bonds. The molecule has 1 aliphatic heterocycles. The Morgan fingerprint density at radius 1 is 1.38 bits per heavy atom. The lowest BCUT2D eigenvalue weighted by atomic mass is 9.89. The molecule has 2 N–H and O–H groups in total. The summed E-state index contributed by atoms with van der Waals surface area (Å²) in [7, 11) is 0. The Labute approximate surface area is 145 Å². The SMILES string of the molecule is CC1(C)SC[C@H](C(=O)NCc2nc(C3CCCCC3)no2)NC1=O. The molecule has 7 nitrogen and oxygen atoms in total. The van der Waals surface area contributed by atoms with Crippen molar-refractivity contribution >= 4 is 23.6 Å². The highest BCUT2D eigenvalue weighted by atomic mass is 32.2. The quantitative estimate of drug-likeness (QED) is 0.857. The Kier molecular flexibility index (Phi) is 5.12. The minimum Gasteiger partial charge on any atom is -0.345 e. The molecule has 8 heteroatoms. The third-order valence-electron chi connectivity index (χ3n) is 4.65. The van der Waals surface area contributed by atoms with E-state index in [-0.39, 0.29) is 18.4 Å². The normalized spacial score (nSPS) is 24.4. The van der Waals surface area contributed by atoms with Crippen LogP contribution in [-0.4, -0.2) is 38.5 Å². The smallest absolute Gasteiger partial charge is 0.246 e. The standard InChI is InChI=1S/C16H24N4O3S/c1-16(2)15(22)18-11(9-24-16)14(21)17-8-12-19-13(20-23-12)10-6-4-3-5-7-10/h10-11H,3-9H2,1-2H3,(H,17,21)(H,18,22)/t11-/m1/s1. The zero-order valence-corrected chi connectivity index (χ0v) is 14.9. The molecule has 0 aromatic carbocycles. The lowest BCUT2D eigenvalue weighted by Gasteiger charge is -2.32. The third kappa shape index (κ3) is 3.91. The molecule has 24 heavy (non-hydrogen) atoms. The van der Waals surface area contributed by atoms with Crippen molar-refractivity contribution in [3.8, 4) is 0 Å². The van der Waals surface area contributed by atoms with Crippen LogP contribution in [-0.2, 0) is 16.1 Å². The van der Waals surface area contributed by atoms with E-state index in [1.807, 2.05) is 13.8 Å². The number of nitrogens with zero attached hydrogens (tertiary/aromatic N) is 2. The van der Waals surface area contributed by atoms with Gasteiger partial charge in [0, 0.05) is 11.7 Å². The van der Waals surface area contributed by atoms with E-state index in [2.05, 4.69) is 20.8 Å². The molecule has 3 rings (SSSR count). The summed E-state index contributed by atoms with van der Waals surface area (Å²) in [4.78, 5) is 28.5. The van der Waals surface area contributed by atoms with Crippen LogP contribution in [0.2, 0.25) is 0 Å². The second-order valence-corrected chi connectivity index (χ2v) is 8.59. The highest BCUT2D eigenvalue weighted by Crippen LogP contribution is 2.31. The summed E-state index contributed by atoms with van der Waals surface area (Å²) in [5.74, 6) is 1.77. The third-order valence-corrected chi connectivity index (χ3v) is 6.05. The number of carbonyl (C=O) groups is 2. The summed E-state index contributed by atoms with van der Waals surface area (Å²) in [6.45, 7) is 3.90. The highest BCUT2D eigenvalue weighted by molar-refractivity contribution is 8.01. The molecule has 1 atom stereocenters. The van der Waals surface area contributed by atoms with Gasteiger partial charge in [-0.2, -0.15) is 4.98 Å². The van der Waals surface area contributed by atoms with Crippen LogP contribution in [0.5, 0.6) is 0 Å². The molecule has 2 aliphatic rings. The Morgan fingerprint density at radius 3 is 2.83 bits per heavy atom. The number of thioether (sulfide) groups is 1. The van der Waals surface area contributed by atoms with Crippen LogP contribution < -0.4 is 10.6 Å². The van der Waals surface area contributed by atoms with Crippen LogP contribution in [0.4, 0.5) is 0 Å². The molecule has 0 bridgehead atoms. The zero-order valence-electron chi connectivity index (χ0n) is 14.1. The van der Waals surface area contributed by atoms with Gasteiger partial charge in [0.2, 0.25) is 17.7 Å². The maximum Gasteiger partial charge on any atom is 0.246 e. The van der Waals surface area contributed by atoms with Crippen molar-refractivity contribution in [1.29, 1.82) is 0 Å². The molecule has 0 spiro atoms. The number of nitrogens with one attached hydrogen (secondary N) is 2. The van der Waals surface area contributed by atoms with Crippen molar-refractivity contribution in [2.75, 3.05) is 5.75 Å². The van der Waals surface area contributed by atoms with Crippen LogP contribution in [0.15, 0.2) is 4.52 Å². The van der Waals surface area contributed by atoms with E-state index < -0.39 is 10.8 Å². The number of hydrogen-bond acceptors (Lipinski definition) is 6. The number of carbonyl (C=O) groups excluding carboxylic acids is 2. The van der Waals surface area contributed by atoms with Gasteiger partial charge in [0.15, 0.2) is 5.82 Å². The molecule has 132 valence electrons. The van der Waals surface area contributed by atoms with E-state index in [0.29, 0.717) is 17.6 Å². The molecule has 2 fully saturated rings. The fourth-order valence-electron chi connectivity index (χ4n) is 3.02. The first-order valence-electron chi connectivity index (χ1n) is 8.51. The predicted molar refractivity (Wildman–Crippen MR) is 90.4 cm³/mol. The highest BCUT2D eigenvalue weighted by Gasteiger charge is 2.37. The summed E-state index contributed by atoms with van der Waals surface area (Å²) in [5.41, 5.74) is 0. The Balaban J connectivity index is 1.50. The van der Waals surface area contributed by atoms with E-state index in [0.717, 1.165) is 18.7 Å². The minimum absolute atomic E-state index is 0.115. The van der Waals surface area contributed by atoms with Crippen molar-refractivity contribution in [1.82, 2.24) is 20.8 Å². The number of hydrogen-bond donors (Lipinski definition) is 2. The summed E-state index contributed by atoms with van der Waals surface area (Å²) in [6, 6.07) is -0.517. The first kappa shape index (κ1) is 17.3. The monoisotopic (exact) mass is 352 g/mol. The van der Waals surface area contributed by atoms with Crippen LogP contribution in [0.25, 0.3) is 0 Å². The van der Waals surface area contributed by atoms with Crippen molar-refractivity contribution in [2.45, 2.75) is 69.2 Å². The first-order chi connectivity index (χ1) is 11.5. The number of amides is 2. The van der Waals surface area contributed by atoms with E-state index in [9.17, 15) is 9.59 Å². The topological polar surface area (TPSA) is 97.1 Å². The molecule has 0 radical (unpaired) electrons. The average molecular weight is 352 g/mol. The van der Waals surface area contributed by atoms with Gasteiger partial charge in [0.25, 0.3) is 0 Å². The predicted octanol–water partition coefficient (Wildman–Crippen LogP) is 1.74. The molecule has 1 saturated heterocycles. The minimum atomic E-state index is -0.517. The summed E-state index contributed by atoms with van der Waals surface area (Å²) in [6.07, 6.45) is 5.90. The maximum atomic E-state index is 12.2. The second kappa shape index (κ2) is 7.13. The number of rotatable bonds is 4. The Hall–Kier alpha value is -1.57. The van der Waals surface area contributed by atoms with Crippen molar-refractivity contribution < 1.29 is 14.1 Å². The fraction of sp³-hybridized carbons (Fsp3) is 0.750. The molecule has 2 heterocycles. The van der Waals surface area contributed by atoms with Gasteiger partial charge in [-0.1, -0.05) is 24.4 Å². The molecular weight excluding hydrogens is 328 g/mol. The second-order valence-electron chi connectivity index (χ2n) is 6.95. The molecule has 0 unspecified atom stereocenters. The van der Waals surface area contributed by atoms with E-state index in [4.69, 9.17) is 4.52 Å². The molecule has 1 aromatic rings. The van der Waals surface area contributed by atoms with Gasteiger partial charge in [0.1, 0.15) is 6.04 Å². The Bertz CT molecular complexity index is 610. The van der Waals surface area contributed by atoms with Crippen LogP contribution >= 0.6 is 11.8 Å². The van der Waals surface area contributed by atoms with Crippen LogP contribution in [0.3, 0.4) is 0 Å². The van der Waals surface area contributed by atoms with Gasteiger partial charge in [-0.3, -0.25) is 9.59 Å². The van der Waals surface area contributed by atoms with Gasteiger partial charge < -0.3 is 15.2 Å². The van der Waals surface area contributed by atoms with Gasteiger partial charge in [-0.05, 0) is 26.7 Å². The first-order valence-corrected chi connectivity index (χ1v) is 9.49. The van der Waals surface area contributed by atoms with Crippen molar-refractivity contribution in [3.63, 3.8) is 0 Å². The molecule has 1 aliphatic carbocycles. The lowest BCUT2D eigenvalue weighted by Crippen LogP contribution is -2.57. The van der Waals surface area contributed by atoms with Crippen molar-refractivity contribution in [2.24, 2.45) is 0 Å². The van der Waals surface area contributed by atoms with E-state index in [1.54, 1.807) is 0 Å². The van der Waals surface area contributed by atoms with Gasteiger partial charge in [-0.25, -0.2) is 0 Å². The summed E-state index contributed by atoms with van der Waals surface area (Å²) >= 11 is 1.49. The molecular formula is C16H24N4O3S. The lowest BCUT2D eigenvalue weighted by molar-refractivity contribution is -0.129. The molecule has 1 saturated carbocycles. The summed E-state index contributed by atoms with van der Waals surface area (Å²) in [5, 5.41) is 9.58. The zero-order chi connectivity index (χ0) is 17.2. The largest absolute Gasteiger partial charge is 0.345 e. The fourth-order valence-corrected chi connectivity index (χ4v) is 4.03. The maximum absolute atomic E-state index is 12.2. The van der Waals surface area contributed by atoms with E-state index in [1.165, 1.54) is 31.0 Å². The van der Waals surface area contributed by atoms with Gasteiger partial charge in [0.05, 0.1) is 11.3 Å². The van der Waals surface area contributed by atoms with Crippen molar-refractivity contribution in [3.05, 3.63) is 11.7 Å². The Morgan fingerprint density at radius 2 is 2.12 bits per heavy atom. The average Bonchev–Trinajstić information content (AvgIpc) is 3.05. The van der Waals surface area contributed by atoms with Gasteiger partial charge >= 0.3 is 0 Å². The summed E-state index contributed by atoms with van der Waals surface area (Å²) < 4.78 is 4.75.